The lowest BCUT2D eigenvalue weighted by Crippen LogP contribution is -2.21. The number of hydrogen-bond acceptors (Lipinski definition) is 6. The average molecular weight is 445 g/mol. The summed E-state index contributed by atoms with van der Waals surface area (Å²) in [6.45, 7) is 7.50. The molecule has 1 amide bonds. The molecule has 0 saturated heterocycles. The van der Waals surface area contributed by atoms with E-state index in [4.69, 9.17) is 21.1 Å². The number of ether oxygens (including phenoxy) is 2. The van der Waals surface area contributed by atoms with Gasteiger partial charge in [0.15, 0.2) is 12.3 Å². The van der Waals surface area contributed by atoms with Crippen LogP contribution in [0, 0.1) is 0 Å². The topological polar surface area (TPSA) is 95.3 Å². The highest BCUT2D eigenvalue weighted by Crippen LogP contribution is 2.28. The number of fused-ring (bicyclic) bond motifs is 1. The van der Waals surface area contributed by atoms with Crippen LogP contribution in [0.2, 0.25) is 5.02 Å². The number of pyridine rings is 1. The highest BCUT2D eigenvalue weighted by molar-refractivity contribution is 6.31. The molecule has 0 radical (unpaired) electrons. The standard InChI is InChI=1S/C22H25ClN4O4/c1-12(2)17-9-15(16-10-24-27(13(3)4)21(16)26-17)22(29)31-11-20(28)25-18-8-14(23)6-7-19(18)30-5/h6-10,12-13H,11H2,1-5H3,(H,25,28). The maximum absolute atomic E-state index is 12.8. The second kappa shape index (κ2) is 9.34. The first-order valence-electron chi connectivity index (χ1n) is 9.90. The van der Waals surface area contributed by atoms with E-state index in [2.05, 4.69) is 15.4 Å². The van der Waals surface area contributed by atoms with E-state index < -0.39 is 18.5 Å². The molecule has 0 bridgehead atoms. The van der Waals surface area contributed by atoms with E-state index in [-0.39, 0.29) is 12.0 Å². The molecule has 2 heterocycles. The van der Waals surface area contributed by atoms with Gasteiger partial charge in [-0.3, -0.25) is 4.79 Å². The molecule has 1 aromatic carbocycles. The van der Waals surface area contributed by atoms with Crippen LogP contribution < -0.4 is 10.1 Å². The molecule has 8 nitrogen and oxygen atoms in total. The monoisotopic (exact) mass is 444 g/mol. The van der Waals surface area contributed by atoms with Crippen molar-refractivity contribution in [1.82, 2.24) is 14.8 Å². The molecule has 0 aliphatic rings. The Morgan fingerprint density at radius 2 is 1.94 bits per heavy atom. The maximum Gasteiger partial charge on any atom is 0.339 e. The molecule has 0 aliphatic carbocycles. The Labute approximate surface area is 185 Å². The second-order valence-corrected chi connectivity index (χ2v) is 8.07. The third kappa shape index (κ3) is 4.96. The SMILES string of the molecule is COc1ccc(Cl)cc1NC(=O)COC(=O)c1cc(C(C)C)nc2c1cnn2C(C)C. The van der Waals surface area contributed by atoms with Crippen LogP contribution in [0.15, 0.2) is 30.5 Å². The third-order valence-electron chi connectivity index (χ3n) is 4.66. The fourth-order valence-corrected chi connectivity index (χ4v) is 3.23. The molecule has 2 aromatic heterocycles. The molecule has 0 atom stereocenters. The Hall–Kier alpha value is -3.13. The first kappa shape index (κ1) is 22.6. The van der Waals surface area contributed by atoms with E-state index in [1.807, 2.05) is 27.7 Å². The van der Waals surface area contributed by atoms with E-state index in [1.165, 1.54) is 7.11 Å². The lowest BCUT2D eigenvalue weighted by atomic mass is 10.1. The molecular formula is C22H25ClN4O4. The first-order valence-corrected chi connectivity index (χ1v) is 10.3. The van der Waals surface area contributed by atoms with E-state index in [0.717, 1.165) is 5.69 Å². The molecule has 0 aliphatic heterocycles. The van der Waals surface area contributed by atoms with Crippen LogP contribution in [0.5, 0.6) is 5.75 Å². The van der Waals surface area contributed by atoms with Crippen LogP contribution in [-0.2, 0) is 9.53 Å². The van der Waals surface area contributed by atoms with Gasteiger partial charge in [-0.05, 0) is 44.0 Å². The van der Waals surface area contributed by atoms with Gasteiger partial charge >= 0.3 is 5.97 Å². The van der Waals surface area contributed by atoms with Gasteiger partial charge in [-0.2, -0.15) is 5.10 Å². The number of aromatic nitrogens is 3. The number of anilines is 1. The summed E-state index contributed by atoms with van der Waals surface area (Å²) < 4.78 is 12.3. The zero-order valence-corrected chi connectivity index (χ0v) is 18.9. The Bertz CT molecular complexity index is 1120. The van der Waals surface area contributed by atoms with Gasteiger partial charge in [0.2, 0.25) is 0 Å². The number of esters is 1. The Morgan fingerprint density at radius 1 is 1.19 bits per heavy atom. The molecule has 164 valence electrons. The fraction of sp³-hybridized carbons (Fsp3) is 0.364. The van der Waals surface area contributed by atoms with Gasteiger partial charge in [0.05, 0.1) is 29.9 Å². The zero-order chi connectivity index (χ0) is 22.7. The number of methoxy groups -OCH3 is 1. The molecular weight excluding hydrogens is 420 g/mol. The van der Waals surface area contributed by atoms with Gasteiger partial charge in [0.25, 0.3) is 5.91 Å². The Morgan fingerprint density at radius 3 is 2.58 bits per heavy atom. The lowest BCUT2D eigenvalue weighted by molar-refractivity contribution is -0.119. The van der Waals surface area contributed by atoms with Crippen LogP contribution >= 0.6 is 11.6 Å². The molecule has 1 N–H and O–H groups in total. The molecule has 0 unspecified atom stereocenters. The Balaban J connectivity index is 1.80. The largest absolute Gasteiger partial charge is 0.495 e. The second-order valence-electron chi connectivity index (χ2n) is 7.64. The maximum atomic E-state index is 12.8. The van der Waals surface area contributed by atoms with Crippen LogP contribution in [0.3, 0.4) is 0 Å². The van der Waals surface area contributed by atoms with E-state index in [1.54, 1.807) is 35.1 Å². The minimum atomic E-state index is -0.620. The van der Waals surface area contributed by atoms with E-state index in [0.29, 0.717) is 33.1 Å². The van der Waals surface area contributed by atoms with E-state index >= 15 is 0 Å². The number of hydrogen-bond donors (Lipinski definition) is 1. The summed E-state index contributed by atoms with van der Waals surface area (Å²) >= 11 is 5.98. The summed E-state index contributed by atoms with van der Waals surface area (Å²) in [5.74, 6) is -0.584. The van der Waals surface area contributed by atoms with Gasteiger partial charge in [0, 0.05) is 16.8 Å². The lowest BCUT2D eigenvalue weighted by Gasteiger charge is -2.13. The van der Waals surface area contributed by atoms with Crippen molar-refractivity contribution in [2.45, 2.75) is 39.7 Å². The van der Waals surface area contributed by atoms with Gasteiger partial charge in [-0.1, -0.05) is 25.4 Å². The quantitative estimate of drug-likeness (QED) is 0.535. The minimum Gasteiger partial charge on any atom is -0.495 e. The van der Waals surface area contributed by atoms with Crippen molar-refractivity contribution in [3.8, 4) is 5.75 Å². The smallest absolute Gasteiger partial charge is 0.339 e. The van der Waals surface area contributed by atoms with Crippen LogP contribution in [0.1, 0.15) is 55.7 Å². The van der Waals surface area contributed by atoms with Crippen molar-refractivity contribution in [2.75, 3.05) is 19.0 Å². The van der Waals surface area contributed by atoms with Crippen LogP contribution in [0.25, 0.3) is 11.0 Å². The number of nitrogens with zero attached hydrogens (tertiary/aromatic N) is 3. The first-order chi connectivity index (χ1) is 14.7. The van der Waals surface area contributed by atoms with Gasteiger partial charge in [0.1, 0.15) is 5.75 Å². The van der Waals surface area contributed by atoms with Gasteiger partial charge in [-0.15, -0.1) is 0 Å². The zero-order valence-electron chi connectivity index (χ0n) is 18.1. The number of benzene rings is 1. The number of rotatable bonds is 7. The van der Waals surface area contributed by atoms with Crippen LogP contribution in [-0.4, -0.2) is 40.4 Å². The van der Waals surface area contributed by atoms with Crippen molar-refractivity contribution >= 4 is 40.2 Å². The minimum absolute atomic E-state index is 0.0785. The Kier molecular flexibility index (Phi) is 6.80. The predicted molar refractivity (Wildman–Crippen MR) is 119 cm³/mol. The van der Waals surface area contributed by atoms with Crippen molar-refractivity contribution in [2.24, 2.45) is 0 Å². The highest BCUT2D eigenvalue weighted by Gasteiger charge is 2.21. The molecule has 0 fully saturated rings. The third-order valence-corrected chi connectivity index (χ3v) is 4.89. The molecule has 3 rings (SSSR count). The van der Waals surface area contributed by atoms with Gasteiger partial charge < -0.3 is 14.8 Å². The highest BCUT2D eigenvalue weighted by atomic mass is 35.5. The summed E-state index contributed by atoms with van der Waals surface area (Å²) in [5.41, 5.74) is 2.08. The van der Waals surface area contributed by atoms with Crippen molar-refractivity contribution in [3.63, 3.8) is 0 Å². The molecule has 0 spiro atoms. The fourth-order valence-electron chi connectivity index (χ4n) is 3.05. The summed E-state index contributed by atoms with van der Waals surface area (Å²) in [4.78, 5) is 29.8. The molecule has 9 heteroatoms. The summed E-state index contributed by atoms with van der Waals surface area (Å²) in [6, 6.07) is 6.61. The van der Waals surface area contributed by atoms with Crippen molar-refractivity contribution < 1.29 is 19.1 Å². The predicted octanol–water partition coefficient (Wildman–Crippen LogP) is 4.59. The molecule has 3 aromatic rings. The number of halogens is 1. The average Bonchev–Trinajstić information content (AvgIpc) is 3.15. The normalized spacial score (nSPS) is 11.2. The van der Waals surface area contributed by atoms with Gasteiger partial charge in [-0.25, -0.2) is 14.5 Å². The number of carbonyl (C=O) groups excluding carboxylic acids is 2. The number of amides is 1. The summed E-state index contributed by atoms with van der Waals surface area (Å²) in [6.07, 6.45) is 1.60. The number of nitrogens with one attached hydrogen (secondary N) is 1. The molecule has 0 saturated carbocycles. The van der Waals surface area contributed by atoms with Crippen molar-refractivity contribution in [1.29, 1.82) is 0 Å². The summed E-state index contributed by atoms with van der Waals surface area (Å²) in [7, 11) is 1.48. The molecule has 31 heavy (non-hydrogen) atoms. The van der Waals surface area contributed by atoms with Crippen molar-refractivity contribution in [3.05, 3.63) is 46.7 Å². The van der Waals surface area contributed by atoms with Crippen LogP contribution in [0.4, 0.5) is 5.69 Å². The van der Waals surface area contributed by atoms with E-state index in [9.17, 15) is 9.59 Å². The number of carbonyl (C=O) groups is 2. The summed E-state index contributed by atoms with van der Waals surface area (Å²) in [5, 5.41) is 8.02.